The summed E-state index contributed by atoms with van der Waals surface area (Å²) in [7, 11) is 1.49. The Labute approximate surface area is 186 Å². The van der Waals surface area contributed by atoms with E-state index in [-0.39, 0.29) is 37.0 Å². The quantitative estimate of drug-likeness (QED) is 0.667. The van der Waals surface area contributed by atoms with Gasteiger partial charge in [0.2, 0.25) is 18.6 Å². The second-order valence-electron chi connectivity index (χ2n) is 8.11. The smallest absolute Gasteiger partial charge is 0.252 e. The zero-order valence-electron chi connectivity index (χ0n) is 18.2. The van der Waals surface area contributed by atoms with Crippen LogP contribution in [0.15, 0.2) is 18.2 Å². The van der Waals surface area contributed by atoms with Gasteiger partial charge in [-0.05, 0) is 37.0 Å². The number of nitrogens with zero attached hydrogens (tertiary/aromatic N) is 2. The van der Waals surface area contributed by atoms with Gasteiger partial charge in [-0.1, -0.05) is 0 Å². The van der Waals surface area contributed by atoms with E-state index in [1.807, 2.05) is 0 Å². The Hall–Kier alpha value is -2.85. The molecule has 0 aliphatic carbocycles. The van der Waals surface area contributed by atoms with Crippen LogP contribution < -0.4 is 14.8 Å². The molecule has 0 saturated carbocycles. The van der Waals surface area contributed by atoms with Crippen molar-refractivity contribution in [2.24, 2.45) is 5.92 Å². The zero-order chi connectivity index (χ0) is 22.5. The van der Waals surface area contributed by atoms with Gasteiger partial charge in [-0.2, -0.15) is 0 Å². The fraction of sp³-hybridized carbons (Fsp3) is 0.591. The summed E-state index contributed by atoms with van der Waals surface area (Å²) in [6.45, 7) is 3.19. The first-order valence-corrected chi connectivity index (χ1v) is 10.9. The molecule has 1 aromatic carbocycles. The molecule has 0 bridgehead atoms. The molecular weight excluding hydrogens is 418 g/mol. The molecular formula is C22H29N3O7. The minimum atomic E-state index is -0.675. The number of methoxy groups -OCH3 is 1. The van der Waals surface area contributed by atoms with Crippen LogP contribution in [0.3, 0.4) is 0 Å². The molecule has 0 unspecified atom stereocenters. The standard InChI is InChI=1S/C22H29N3O7/c1-29-13-19(26)24-6-4-15(5-7-24)20(22(28)25-8-10-30-11-9-25)23-21(27)16-2-3-17-18(12-16)32-14-31-17/h2-3,12,15,20H,4-11,13-14H2,1H3,(H,23,27)/t20-/m1/s1. The van der Waals surface area contributed by atoms with E-state index in [0.29, 0.717) is 69.3 Å². The second kappa shape index (κ2) is 10.2. The molecule has 0 aromatic heterocycles. The number of piperidine rings is 1. The van der Waals surface area contributed by atoms with E-state index in [0.717, 1.165) is 0 Å². The van der Waals surface area contributed by atoms with Gasteiger partial charge in [0.25, 0.3) is 5.91 Å². The topological polar surface area (TPSA) is 107 Å². The van der Waals surface area contributed by atoms with Crippen LogP contribution in [0.25, 0.3) is 0 Å². The van der Waals surface area contributed by atoms with Gasteiger partial charge in [0, 0.05) is 38.9 Å². The third kappa shape index (κ3) is 4.97. The number of rotatable bonds is 6. The molecule has 3 amide bonds. The summed E-state index contributed by atoms with van der Waals surface area (Å²) in [5.41, 5.74) is 0.404. The highest BCUT2D eigenvalue weighted by molar-refractivity contribution is 5.98. The maximum Gasteiger partial charge on any atom is 0.252 e. The van der Waals surface area contributed by atoms with Gasteiger partial charge in [0.15, 0.2) is 11.5 Å². The van der Waals surface area contributed by atoms with Crippen molar-refractivity contribution in [1.29, 1.82) is 0 Å². The SMILES string of the molecule is COCC(=O)N1CCC([C@@H](NC(=O)c2ccc3c(c2)OCO3)C(=O)N2CCOCC2)CC1. The number of ether oxygens (including phenoxy) is 4. The molecule has 4 rings (SSSR count). The van der Waals surface area contributed by atoms with Crippen molar-refractivity contribution in [3.05, 3.63) is 23.8 Å². The van der Waals surface area contributed by atoms with E-state index < -0.39 is 6.04 Å². The van der Waals surface area contributed by atoms with Gasteiger partial charge in [0.1, 0.15) is 12.6 Å². The van der Waals surface area contributed by atoms with Crippen molar-refractivity contribution >= 4 is 17.7 Å². The van der Waals surface area contributed by atoms with Crippen LogP contribution in [0.2, 0.25) is 0 Å². The average molecular weight is 447 g/mol. The summed E-state index contributed by atoms with van der Waals surface area (Å²) in [6, 6.07) is 4.30. The van der Waals surface area contributed by atoms with Gasteiger partial charge < -0.3 is 34.1 Å². The van der Waals surface area contributed by atoms with Crippen molar-refractivity contribution in [2.45, 2.75) is 18.9 Å². The third-order valence-corrected chi connectivity index (χ3v) is 6.14. The van der Waals surface area contributed by atoms with Gasteiger partial charge in [-0.15, -0.1) is 0 Å². The fourth-order valence-electron chi connectivity index (χ4n) is 4.32. The molecule has 10 nitrogen and oxygen atoms in total. The molecule has 3 aliphatic rings. The second-order valence-corrected chi connectivity index (χ2v) is 8.11. The summed E-state index contributed by atoms with van der Waals surface area (Å²) >= 11 is 0. The Morgan fingerprint density at radius 3 is 2.50 bits per heavy atom. The highest BCUT2D eigenvalue weighted by Crippen LogP contribution is 2.32. The number of morpholine rings is 1. The highest BCUT2D eigenvalue weighted by atomic mass is 16.7. The van der Waals surface area contributed by atoms with Crippen molar-refractivity contribution in [2.75, 3.05) is 59.9 Å². The number of nitrogens with one attached hydrogen (secondary N) is 1. The highest BCUT2D eigenvalue weighted by Gasteiger charge is 2.36. The lowest BCUT2D eigenvalue weighted by Crippen LogP contribution is -2.56. The molecule has 10 heteroatoms. The Balaban J connectivity index is 1.47. The van der Waals surface area contributed by atoms with Crippen LogP contribution >= 0.6 is 0 Å². The predicted molar refractivity (Wildman–Crippen MR) is 112 cm³/mol. The number of hydrogen-bond donors (Lipinski definition) is 1. The maximum absolute atomic E-state index is 13.4. The number of fused-ring (bicyclic) bond motifs is 1. The number of amides is 3. The predicted octanol–water partition coefficient (Wildman–Crippen LogP) is 0.258. The van der Waals surface area contributed by atoms with Gasteiger partial charge >= 0.3 is 0 Å². The summed E-state index contributed by atoms with van der Waals surface area (Å²) < 4.78 is 21.0. The van der Waals surface area contributed by atoms with Crippen molar-refractivity contribution in [3.63, 3.8) is 0 Å². The molecule has 3 aliphatic heterocycles. The molecule has 1 aromatic rings. The molecule has 3 heterocycles. The van der Waals surface area contributed by atoms with E-state index in [9.17, 15) is 14.4 Å². The van der Waals surface area contributed by atoms with Crippen LogP contribution in [0.1, 0.15) is 23.2 Å². The van der Waals surface area contributed by atoms with Crippen LogP contribution in [0.5, 0.6) is 11.5 Å². The average Bonchev–Trinajstić information content (AvgIpc) is 3.31. The van der Waals surface area contributed by atoms with E-state index in [4.69, 9.17) is 18.9 Å². The molecule has 0 radical (unpaired) electrons. The van der Waals surface area contributed by atoms with E-state index in [1.165, 1.54) is 7.11 Å². The minimum absolute atomic E-state index is 0.0433. The molecule has 1 N–H and O–H groups in total. The van der Waals surface area contributed by atoms with Crippen molar-refractivity contribution < 1.29 is 33.3 Å². The normalized spacial score (nSPS) is 19.5. The lowest BCUT2D eigenvalue weighted by Gasteiger charge is -2.38. The first-order chi connectivity index (χ1) is 15.6. The minimum Gasteiger partial charge on any atom is -0.454 e. The largest absolute Gasteiger partial charge is 0.454 e. The number of carbonyl (C=O) groups excluding carboxylic acids is 3. The first kappa shape index (κ1) is 22.3. The van der Waals surface area contributed by atoms with Crippen LogP contribution in [0.4, 0.5) is 0 Å². The van der Waals surface area contributed by atoms with E-state index >= 15 is 0 Å². The molecule has 32 heavy (non-hydrogen) atoms. The number of hydrogen-bond acceptors (Lipinski definition) is 7. The molecule has 0 spiro atoms. The Kier molecular flexibility index (Phi) is 7.11. The Morgan fingerprint density at radius 1 is 1.06 bits per heavy atom. The molecule has 2 fully saturated rings. The lowest BCUT2D eigenvalue weighted by atomic mass is 9.88. The third-order valence-electron chi connectivity index (χ3n) is 6.14. The Morgan fingerprint density at radius 2 is 1.78 bits per heavy atom. The van der Waals surface area contributed by atoms with Gasteiger partial charge in [-0.25, -0.2) is 0 Å². The maximum atomic E-state index is 13.4. The molecule has 2 saturated heterocycles. The van der Waals surface area contributed by atoms with Crippen LogP contribution in [-0.4, -0.2) is 93.5 Å². The summed E-state index contributed by atoms with van der Waals surface area (Å²) in [5.74, 6) is 0.521. The Bertz CT molecular complexity index is 848. The van der Waals surface area contributed by atoms with Crippen molar-refractivity contribution in [1.82, 2.24) is 15.1 Å². The van der Waals surface area contributed by atoms with E-state index in [2.05, 4.69) is 5.32 Å². The summed E-state index contributed by atoms with van der Waals surface area (Å²) in [5, 5.41) is 2.97. The molecule has 174 valence electrons. The van der Waals surface area contributed by atoms with Gasteiger partial charge in [0.05, 0.1) is 13.2 Å². The zero-order valence-corrected chi connectivity index (χ0v) is 18.2. The number of likely N-dealkylation sites (tertiary alicyclic amines) is 1. The lowest BCUT2D eigenvalue weighted by molar-refractivity contribution is -0.140. The van der Waals surface area contributed by atoms with E-state index in [1.54, 1.807) is 28.0 Å². The van der Waals surface area contributed by atoms with Crippen LogP contribution in [0, 0.1) is 5.92 Å². The summed E-state index contributed by atoms with van der Waals surface area (Å²) in [4.78, 5) is 42.1. The van der Waals surface area contributed by atoms with Gasteiger partial charge in [-0.3, -0.25) is 14.4 Å². The fourth-order valence-corrected chi connectivity index (χ4v) is 4.32. The first-order valence-electron chi connectivity index (χ1n) is 10.9. The number of carbonyl (C=O) groups is 3. The number of benzene rings is 1. The monoisotopic (exact) mass is 447 g/mol. The van der Waals surface area contributed by atoms with Crippen molar-refractivity contribution in [3.8, 4) is 11.5 Å². The molecule has 1 atom stereocenters. The van der Waals surface area contributed by atoms with Crippen LogP contribution in [-0.2, 0) is 19.1 Å². The summed E-state index contributed by atoms with van der Waals surface area (Å²) in [6.07, 6.45) is 1.25.